The summed E-state index contributed by atoms with van der Waals surface area (Å²) in [6.45, 7) is 4.16. The summed E-state index contributed by atoms with van der Waals surface area (Å²) in [7, 11) is 3.17. The van der Waals surface area contributed by atoms with Crippen LogP contribution in [0.1, 0.15) is 42.6 Å². The summed E-state index contributed by atoms with van der Waals surface area (Å²) in [6, 6.07) is 8.10. The SMILES string of the molecule is CO[C@@H]1CN(C)C(=O)c2cc(NC(=O)C3CC3)ccc2OC[C@@H](C)N(C(=O)Nc2ccc(C(F)(F)F)cc2)C[C@H]1C. The Kier molecular flexibility index (Phi) is 9.11. The number of carbonyl (C=O) groups excluding carboxylic acids is 3. The maximum Gasteiger partial charge on any atom is 0.416 e. The zero-order valence-corrected chi connectivity index (χ0v) is 23.5. The van der Waals surface area contributed by atoms with Crippen molar-refractivity contribution in [3.63, 3.8) is 0 Å². The molecule has 222 valence electrons. The second kappa shape index (κ2) is 12.4. The van der Waals surface area contributed by atoms with E-state index in [1.807, 2.05) is 6.92 Å². The van der Waals surface area contributed by atoms with Gasteiger partial charge in [-0.3, -0.25) is 9.59 Å². The predicted octanol–water partition coefficient (Wildman–Crippen LogP) is 5.09. The average Bonchev–Trinajstić information content (AvgIpc) is 3.78. The van der Waals surface area contributed by atoms with Crippen molar-refractivity contribution >= 4 is 29.2 Å². The van der Waals surface area contributed by atoms with Crippen molar-refractivity contribution in [2.45, 2.75) is 45.0 Å². The van der Waals surface area contributed by atoms with E-state index in [9.17, 15) is 27.6 Å². The van der Waals surface area contributed by atoms with Gasteiger partial charge in [-0.25, -0.2) is 4.79 Å². The molecule has 0 unspecified atom stereocenters. The van der Waals surface area contributed by atoms with Crippen molar-refractivity contribution in [3.8, 4) is 5.75 Å². The Hall–Kier alpha value is -3.80. The number of methoxy groups -OCH3 is 1. The molecule has 0 bridgehead atoms. The molecule has 0 radical (unpaired) electrons. The number of fused-ring (bicyclic) bond motifs is 1. The van der Waals surface area contributed by atoms with Crippen LogP contribution < -0.4 is 15.4 Å². The number of benzene rings is 2. The van der Waals surface area contributed by atoms with Crippen LogP contribution in [-0.2, 0) is 15.7 Å². The molecule has 2 aliphatic rings. The van der Waals surface area contributed by atoms with E-state index in [0.717, 1.165) is 25.0 Å². The van der Waals surface area contributed by atoms with Crippen LogP contribution in [0.4, 0.5) is 29.3 Å². The molecule has 0 aromatic heterocycles. The Morgan fingerprint density at radius 2 is 1.66 bits per heavy atom. The number of anilines is 2. The van der Waals surface area contributed by atoms with Crippen LogP contribution in [0, 0.1) is 11.8 Å². The first-order valence-electron chi connectivity index (χ1n) is 13.5. The van der Waals surface area contributed by atoms with Crippen molar-refractivity contribution in [3.05, 3.63) is 53.6 Å². The quantitative estimate of drug-likeness (QED) is 0.528. The molecule has 0 saturated heterocycles. The van der Waals surface area contributed by atoms with E-state index < -0.39 is 29.9 Å². The van der Waals surface area contributed by atoms with Crippen LogP contribution in [0.3, 0.4) is 0 Å². The van der Waals surface area contributed by atoms with E-state index in [1.165, 1.54) is 24.1 Å². The number of alkyl halides is 3. The topological polar surface area (TPSA) is 100 Å². The number of hydrogen-bond acceptors (Lipinski definition) is 5. The molecule has 2 aromatic carbocycles. The predicted molar refractivity (Wildman–Crippen MR) is 147 cm³/mol. The monoisotopic (exact) mass is 576 g/mol. The van der Waals surface area contributed by atoms with E-state index in [4.69, 9.17) is 9.47 Å². The molecule has 1 fully saturated rings. The minimum absolute atomic E-state index is 0.00452. The van der Waals surface area contributed by atoms with E-state index >= 15 is 0 Å². The molecule has 1 aliphatic carbocycles. The van der Waals surface area contributed by atoms with Gasteiger partial charge in [0.15, 0.2) is 0 Å². The summed E-state index contributed by atoms with van der Waals surface area (Å²) < 4.78 is 50.6. The summed E-state index contributed by atoms with van der Waals surface area (Å²) in [5.41, 5.74) is 0.153. The number of nitrogens with zero attached hydrogens (tertiary/aromatic N) is 2. The smallest absolute Gasteiger partial charge is 0.416 e. The van der Waals surface area contributed by atoms with E-state index in [0.29, 0.717) is 11.4 Å². The molecular formula is C29H35F3N4O5. The lowest BCUT2D eigenvalue weighted by atomic mass is 10.0. The van der Waals surface area contributed by atoms with Gasteiger partial charge < -0.3 is 29.9 Å². The molecule has 1 saturated carbocycles. The normalized spacial score (nSPS) is 22.1. The van der Waals surface area contributed by atoms with Crippen molar-refractivity contribution in [1.29, 1.82) is 0 Å². The van der Waals surface area contributed by atoms with Crippen LogP contribution in [-0.4, -0.2) is 73.6 Å². The number of nitrogens with one attached hydrogen (secondary N) is 2. The molecule has 9 nitrogen and oxygen atoms in total. The summed E-state index contributed by atoms with van der Waals surface area (Å²) in [4.78, 5) is 42.2. The van der Waals surface area contributed by atoms with Gasteiger partial charge in [0.05, 0.1) is 23.3 Å². The van der Waals surface area contributed by atoms with E-state index in [-0.39, 0.29) is 54.6 Å². The van der Waals surface area contributed by atoms with Crippen molar-refractivity contribution in [1.82, 2.24) is 9.80 Å². The lowest BCUT2D eigenvalue weighted by Gasteiger charge is -2.36. The first-order valence-corrected chi connectivity index (χ1v) is 13.5. The van der Waals surface area contributed by atoms with Crippen LogP contribution in [0.25, 0.3) is 0 Å². The molecule has 2 N–H and O–H groups in total. The zero-order valence-electron chi connectivity index (χ0n) is 23.5. The maximum absolute atomic E-state index is 13.5. The Morgan fingerprint density at radius 3 is 2.27 bits per heavy atom. The number of hydrogen-bond donors (Lipinski definition) is 2. The average molecular weight is 577 g/mol. The first kappa shape index (κ1) is 30.2. The highest BCUT2D eigenvalue weighted by atomic mass is 19.4. The van der Waals surface area contributed by atoms with Gasteiger partial charge in [0, 0.05) is 50.5 Å². The molecule has 2 aromatic rings. The molecule has 4 rings (SSSR count). The number of amides is 4. The number of likely N-dealkylation sites (N-methyl/N-ethyl adjacent to an activating group) is 1. The Balaban J connectivity index is 1.58. The summed E-state index contributed by atoms with van der Waals surface area (Å²) in [5.74, 6) is -0.323. The molecule has 12 heteroatoms. The number of rotatable bonds is 4. The Labute approximate surface area is 237 Å². The third-order valence-electron chi connectivity index (χ3n) is 7.38. The molecule has 4 amide bonds. The second-order valence-corrected chi connectivity index (χ2v) is 10.7. The third kappa shape index (κ3) is 7.49. The van der Waals surface area contributed by atoms with Crippen LogP contribution in [0.15, 0.2) is 42.5 Å². The van der Waals surface area contributed by atoms with Crippen LogP contribution >= 0.6 is 0 Å². The van der Waals surface area contributed by atoms with Crippen molar-refractivity contribution < 1.29 is 37.0 Å². The molecule has 1 heterocycles. The maximum atomic E-state index is 13.5. The standard InChI is InChI=1S/C29H35F3N4O5/c1-17-14-36(28(39)34-21-9-7-20(8-10-21)29(30,31)32)18(2)16-41-24-12-11-22(33-26(37)19-5-6-19)13-23(24)27(38)35(3)15-25(17)40-4/h7-13,17-19,25H,5-6,14-16H2,1-4H3,(H,33,37)(H,34,39)/t17-,18-,25-/m1/s1. The van der Waals surface area contributed by atoms with E-state index in [2.05, 4.69) is 10.6 Å². The fourth-order valence-corrected chi connectivity index (χ4v) is 4.66. The lowest BCUT2D eigenvalue weighted by molar-refractivity contribution is -0.137. The van der Waals surface area contributed by atoms with Gasteiger partial charge in [0.25, 0.3) is 5.91 Å². The van der Waals surface area contributed by atoms with Gasteiger partial charge >= 0.3 is 12.2 Å². The van der Waals surface area contributed by atoms with E-state index in [1.54, 1.807) is 37.1 Å². The Morgan fingerprint density at radius 1 is 1.00 bits per heavy atom. The van der Waals surface area contributed by atoms with Crippen molar-refractivity contribution in [2.75, 3.05) is 44.5 Å². The first-order chi connectivity index (χ1) is 19.4. The van der Waals surface area contributed by atoms with Gasteiger partial charge in [-0.1, -0.05) is 6.92 Å². The third-order valence-corrected chi connectivity index (χ3v) is 7.38. The van der Waals surface area contributed by atoms with Gasteiger partial charge in [-0.2, -0.15) is 13.2 Å². The van der Waals surface area contributed by atoms with Gasteiger partial charge in [-0.15, -0.1) is 0 Å². The zero-order chi connectivity index (χ0) is 29.9. The summed E-state index contributed by atoms with van der Waals surface area (Å²) in [5, 5.41) is 5.53. The van der Waals surface area contributed by atoms with Gasteiger partial charge in [0.2, 0.25) is 5.91 Å². The number of carbonyl (C=O) groups is 3. The van der Waals surface area contributed by atoms with Crippen LogP contribution in [0.2, 0.25) is 0 Å². The summed E-state index contributed by atoms with van der Waals surface area (Å²) in [6.07, 6.45) is -3.22. The Bertz CT molecular complexity index is 1270. The molecular weight excluding hydrogens is 541 g/mol. The summed E-state index contributed by atoms with van der Waals surface area (Å²) >= 11 is 0. The fourth-order valence-electron chi connectivity index (χ4n) is 4.66. The second-order valence-electron chi connectivity index (χ2n) is 10.7. The van der Waals surface area contributed by atoms with Crippen LogP contribution in [0.5, 0.6) is 5.75 Å². The fraction of sp³-hybridized carbons (Fsp3) is 0.483. The minimum atomic E-state index is -4.48. The highest BCUT2D eigenvalue weighted by Gasteiger charge is 2.33. The molecule has 0 spiro atoms. The minimum Gasteiger partial charge on any atom is -0.491 e. The highest BCUT2D eigenvalue weighted by Crippen LogP contribution is 2.32. The largest absolute Gasteiger partial charge is 0.491 e. The molecule has 41 heavy (non-hydrogen) atoms. The molecule has 1 aliphatic heterocycles. The van der Waals surface area contributed by atoms with Crippen molar-refractivity contribution in [2.24, 2.45) is 11.8 Å². The van der Waals surface area contributed by atoms with Gasteiger partial charge in [0.1, 0.15) is 12.4 Å². The number of ether oxygens (including phenoxy) is 2. The lowest BCUT2D eigenvalue weighted by Crippen LogP contribution is -2.50. The van der Waals surface area contributed by atoms with Gasteiger partial charge in [-0.05, 0) is 62.2 Å². The number of halogens is 3. The highest BCUT2D eigenvalue weighted by molar-refractivity contribution is 6.00. The number of urea groups is 1. The molecule has 3 atom stereocenters.